The average Bonchev–Trinajstić information content (AvgIpc) is 2.29. The smallest absolute Gasteiger partial charge is 0.219 e. The Balaban J connectivity index is 6.41. The van der Waals surface area contributed by atoms with Crippen LogP contribution < -0.4 is 0 Å². The van der Waals surface area contributed by atoms with Gasteiger partial charge in [0.1, 0.15) is 0 Å². The maximum Gasteiger partial charge on any atom is 0.438 e. The molecule has 0 N–H and O–H groups in total. The van der Waals surface area contributed by atoms with E-state index in [1.807, 2.05) is 0 Å². The van der Waals surface area contributed by atoms with Crippen molar-refractivity contribution in [3.63, 3.8) is 0 Å². The molecule has 0 amide bonds. The van der Waals surface area contributed by atoms with Crippen molar-refractivity contribution in [2.75, 3.05) is 0 Å². The molecule has 0 atom stereocenters. The molecule has 0 aromatic rings. The molecule has 25 heavy (non-hydrogen) atoms. The third kappa shape index (κ3) is 3.75. The molecule has 0 aromatic carbocycles. The summed E-state index contributed by atoms with van der Waals surface area (Å²) in [6.45, 7) is 0. The van der Waals surface area contributed by atoms with Crippen molar-refractivity contribution in [3.05, 3.63) is 12.2 Å². The highest BCUT2D eigenvalue weighted by Crippen LogP contribution is 2.56. The van der Waals surface area contributed by atoms with E-state index in [0.717, 1.165) is 0 Å². The first-order valence-corrected chi connectivity index (χ1v) is 5.18. The molecule has 0 unspecified atom stereocenters. The molecule has 0 nitrogen and oxygen atoms in total. The number of allylic oxidation sites excluding steroid dienone is 2. The molecule has 0 fully saturated rings. The first-order valence-electron chi connectivity index (χ1n) is 5.18. The first kappa shape index (κ1) is 23.6. The Labute approximate surface area is 126 Å². The molecule has 0 saturated carbocycles. The summed E-state index contributed by atoms with van der Waals surface area (Å²) in [5.41, 5.74) is -14.3. The summed E-state index contributed by atoms with van der Waals surface area (Å²) in [7, 11) is 0. The van der Waals surface area contributed by atoms with E-state index >= 15 is 0 Å². The van der Waals surface area contributed by atoms with E-state index in [-0.39, 0.29) is 0 Å². The normalized spacial score (nSPS) is 16.6. The highest BCUT2D eigenvalue weighted by molar-refractivity contribution is 5.20. The Morgan fingerprint density at radius 2 is 0.640 bits per heavy atom. The fraction of sp³-hybridized carbons (Fsp3) is 0.778. The minimum absolute atomic E-state index is 2.36. The van der Waals surface area contributed by atoms with Gasteiger partial charge >= 0.3 is 42.0 Å². The summed E-state index contributed by atoms with van der Waals surface area (Å²) in [5.74, 6) is -7.07. The lowest BCUT2D eigenvalue weighted by molar-refractivity contribution is -0.387. The van der Waals surface area contributed by atoms with Crippen LogP contribution in [0.15, 0.2) is 12.2 Å². The monoisotopic (exact) mass is 414 g/mol. The van der Waals surface area contributed by atoms with Crippen molar-refractivity contribution >= 4 is 0 Å². The SMILES string of the molecule is FC(F)(F)C(F)(/C=C/C(F)(F)C(F)(C(F)(F)F)C(F)(F)F)C(F)(F)F. The van der Waals surface area contributed by atoms with E-state index in [9.17, 15) is 70.2 Å². The van der Waals surface area contributed by atoms with Crippen LogP contribution in [0.25, 0.3) is 0 Å². The Kier molecular flexibility index (Phi) is 5.50. The highest BCUT2D eigenvalue weighted by Gasteiger charge is 2.84. The largest absolute Gasteiger partial charge is 0.438 e. The van der Waals surface area contributed by atoms with E-state index in [0.29, 0.717) is 0 Å². The van der Waals surface area contributed by atoms with Crippen LogP contribution in [0.3, 0.4) is 0 Å². The number of halogens is 16. The van der Waals surface area contributed by atoms with Crippen LogP contribution >= 0.6 is 0 Å². The van der Waals surface area contributed by atoms with Crippen LogP contribution in [0.5, 0.6) is 0 Å². The standard InChI is InChI=1S/C9H2F16/c10-3(6(14,15)16,7(17,18)19)1-2-4(11,12)5(13,8(20,21)22)9(23,24)25/h1-2H/b2-1+. The van der Waals surface area contributed by atoms with Crippen LogP contribution in [0.2, 0.25) is 0 Å². The zero-order valence-electron chi connectivity index (χ0n) is 10.7. The number of rotatable bonds is 3. The molecule has 0 rings (SSSR count). The molecule has 0 aliphatic carbocycles. The fourth-order valence-corrected chi connectivity index (χ4v) is 1.22. The van der Waals surface area contributed by atoms with Gasteiger partial charge in [0.05, 0.1) is 0 Å². The number of hydrogen-bond acceptors (Lipinski definition) is 0. The lowest BCUT2D eigenvalue weighted by atomic mass is 9.93. The molecule has 0 aliphatic heterocycles. The van der Waals surface area contributed by atoms with Gasteiger partial charge in [-0.3, -0.25) is 0 Å². The van der Waals surface area contributed by atoms with Crippen molar-refractivity contribution in [3.8, 4) is 0 Å². The van der Waals surface area contributed by atoms with Gasteiger partial charge in [-0.1, -0.05) is 0 Å². The lowest BCUT2D eigenvalue weighted by Gasteiger charge is -2.35. The van der Waals surface area contributed by atoms with E-state index in [1.54, 1.807) is 0 Å². The zero-order valence-corrected chi connectivity index (χ0v) is 10.7. The third-order valence-corrected chi connectivity index (χ3v) is 2.59. The van der Waals surface area contributed by atoms with Gasteiger partial charge in [-0.2, -0.15) is 61.5 Å². The molecule has 0 aromatic heterocycles. The van der Waals surface area contributed by atoms with Crippen LogP contribution in [0, 0.1) is 0 Å². The summed E-state index contributed by atoms with van der Waals surface area (Å²) in [4.78, 5) is 0. The van der Waals surface area contributed by atoms with Gasteiger partial charge in [-0.05, 0) is 12.2 Å². The van der Waals surface area contributed by atoms with Crippen molar-refractivity contribution in [1.82, 2.24) is 0 Å². The van der Waals surface area contributed by atoms with Crippen molar-refractivity contribution in [2.24, 2.45) is 0 Å². The van der Waals surface area contributed by atoms with Gasteiger partial charge in [0.2, 0.25) is 0 Å². The van der Waals surface area contributed by atoms with Crippen molar-refractivity contribution < 1.29 is 70.2 Å². The first-order chi connectivity index (χ1) is 10.5. The predicted molar refractivity (Wildman–Crippen MR) is 46.0 cm³/mol. The molecular weight excluding hydrogens is 412 g/mol. The second kappa shape index (κ2) is 5.82. The Bertz CT molecular complexity index is 468. The summed E-state index contributed by atoms with van der Waals surface area (Å²) in [5, 5.41) is 0. The lowest BCUT2D eigenvalue weighted by Crippen LogP contribution is -2.64. The third-order valence-electron chi connectivity index (χ3n) is 2.59. The zero-order chi connectivity index (χ0) is 20.9. The minimum atomic E-state index is -7.58. The molecule has 0 saturated heterocycles. The maximum absolute atomic E-state index is 13.0. The molecule has 0 radical (unpaired) electrons. The van der Waals surface area contributed by atoms with E-state index in [4.69, 9.17) is 0 Å². The molecular formula is C9H2F16. The van der Waals surface area contributed by atoms with Gasteiger partial charge in [0.15, 0.2) is 0 Å². The molecule has 0 aliphatic rings. The summed E-state index contributed by atoms with van der Waals surface area (Å²) >= 11 is 0. The van der Waals surface area contributed by atoms with E-state index in [1.165, 1.54) is 0 Å². The van der Waals surface area contributed by atoms with Crippen molar-refractivity contribution in [1.29, 1.82) is 0 Å². The van der Waals surface area contributed by atoms with Crippen molar-refractivity contribution in [2.45, 2.75) is 42.0 Å². The van der Waals surface area contributed by atoms with Gasteiger partial charge in [0, 0.05) is 0 Å². The van der Waals surface area contributed by atoms with Crippen LogP contribution in [-0.4, -0.2) is 42.0 Å². The molecule has 16 heteroatoms. The predicted octanol–water partition coefficient (Wildman–Crippen LogP) is 5.84. The fourth-order valence-electron chi connectivity index (χ4n) is 1.22. The quantitative estimate of drug-likeness (QED) is 0.402. The summed E-state index contributed by atoms with van der Waals surface area (Å²) < 4.78 is 196. The Morgan fingerprint density at radius 3 is 0.840 bits per heavy atom. The molecule has 0 spiro atoms. The molecule has 150 valence electrons. The van der Waals surface area contributed by atoms with Gasteiger partial charge < -0.3 is 0 Å². The maximum atomic E-state index is 13.0. The number of hydrogen-bond donors (Lipinski definition) is 0. The second-order valence-corrected chi connectivity index (χ2v) is 4.32. The Morgan fingerprint density at radius 1 is 0.360 bits per heavy atom. The van der Waals surface area contributed by atoms with E-state index < -0.39 is 54.1 Å². The van der Waals surface area contributed by atoms with Crippen LogP contribution in [0.4, 0.5) is 70.2 Å². The highest BCUT2D eigenvalue weighted by atomic mass is 19.4. The molecule has 0 heterocycles. The van der Waals surface area contributed by atoms with E-state index in [2.05, 4.69) is 0 Å². The van der Waals surface area contributed by atoms with Gasteiger partial charge in [0.25, 0.3) is 0 Å². The summed E-state index contributed by atoms with van der Waals surface area (Å²) in [6.07, 6.45) is -34.0. The second-order valence-electron chi connectivity index (χ2n) is 4.32. The number of alkyl halides is 16. The Hall–Kier alpha value is -1.38. The topological polar surface area (TPSA) is 0 Å². The minimum Gasteiger partial charge on any atom is -0.219 e. The average molecular weight is 414 g/mol. The van der Waals surface area contributed by atoms with Gasteiger partial charge in [-0.25, -0.2) is 8.78 Å². The summed E-state index contributed by atoms with van der Waals surface area (Å²) in [6, 6.07) is 0. The molecule has 0 bridgehead atoms. The van der Waals surface area contributed by atoms with Crippen LogP contribution in [0.1, 0.15) is 0 Å². The van der Waals surface area contributed by atoms with Gasteiger partial charge in [-0.15, -0.1) is 0 Å². The van der Waals surface area contributed by atoms with Crippen LogP contribution in [-0.2, 0) is 0 Å².